The molecule has 3 atom stereocenters. The van der Waals surface area contributed by atoms with E-state index in [1.165, 1.54) is 0 Å². The van der Waals surface area contributed by atoms with Crippen molar-refractivity contribution >= 4 is 17.7 Å². The highest BCUT2D eigenvalue weighted by Gasteiger charge is 2.49. The summed E-state index contributed by atoms with van der Waals surface area (Å²) >= 11 is 0. The smallest absolute Gasteiger partial charge is 0.356 e. The van der Waals surface area contributed by atoms with Gasteiger partial charge in [-0.25, -0.2) is 4.79 Å². The molecule has 0 radical (unpaired) electrons. The molecule has 1 unspecified atom stereocenters. The molecule has 19 heavy (non-hydrogen) atoms. The maximum Gasteiger partial charge on any atom is 0.356 e. The fourth-order valence-corrected chi connectivity index (χ4v) is 1.69. The zero-order valence-electron chi connectivity index (χ0n) is 10.7. The zero-order chi connectivity index (χ0) is 14.4. The molecule has 0 amide bonds. The van der Waals surface area contributed by atoms with Crippen molar-refractivity contribution in [2.45, 2.75) is 50.9 Å². The number of Topliss-reactive ketones (excluding diaryl/α,β-unsaturated/α-hetero) is 1. The predicted molar refractivity (Wildman–Crippen MR) is 62.0 cm³/mol. The molecule has 0 saturated carbocycles. The number of hydrogen-bond donors (Lipinski definition) is 2. The van der Waals surface area contributed by atoms with E-state index in [9.17, 15) is 19.5 Å². The topological polar surface area (TPSA) is 110 Å². The highest BCUT2D eigenvalue weighted by Crippen LogP contribution is 2.18. The van der Waals surface area contributed by atoms with Crippen LogP contribution in [0.5, 0.6) is 0 Å². The van der Waals surface area contributed by atoms with E-state index in [0.717, 1.165) is 12.8 Å². The highest BCUT2D eigenvalue weighted by molar-refractivity contribution is 6.10. The van der Waals surface area contributed by atoms with Crippen molar-refractivity contribution in [3.63, 3.8) is 0 Å². The number of aliphatic hydroxyl groups is 2. The minimum Gasteiger partial charge on any atom is -0.448 e. The lowest BCUT2D eigenvalue weighted by atomic mass is 10.1. The van der Waals surface area contributed by atoms with E-state index >= 15 is 0 Å². The summed E-state index contributed by atoms with van der Waals surface area (Å²) in [4.78, 5) is 34.5. The van der Waals surface area contributed by atoms with E-state index in [4.69, 9.17) is 9.84 Å². The van der Waals surface area contributed by atoms with Gasteiger partial charge >= 0.3 is 11.9 Å². The van der Waals surface area contributed by atoms with Gasteiger partial charge in [0.05, 0.1) is 6.61 Å². The molecule has 0 bridgehead atoms. The van der Waals surface area contributed by atoms with Crippen molar-refractivity contribution in [1.82, 2.24) is 0 Å². The van der Waals surface area contributed by atoms with Gasteiger partial charge in [-0.2, -0.15) is 0 Å². The first-order valence-electron chi connectivity index (χ1n) is 6.23. The van der Waals surface area contributed by atoms with Crippen molar-refractivity contribution in [3.8, 4) is 0 Å². The van der Waals surface area contributed by atoms with Crippen LogP contribution < -0.4 is 0 Å². The summed E-state index contributed by atoms with van der Waals surface area (Å²) in [6, 6.07) is 0. The van der Waals surface area contributed by atoms with E-state index in [1.807, 2.05) is 6.92 Å². The summed E-state index contributed by atoms with van der Waals surface area (Å²) in [6.07, 6.45) is -2.06. The Kier molecular flexibility index (Phi) is 5.91. The van der Waals surface area contributed by atoms with Gasteiger partial charge in [0.25, 0.3) is 6.10 Å². The summed E-state index contributed by atoms with van der Waals surface area (Å²) in [7, 11) is 0. The molecule has 0 aromatic rings. The van der Waals surface area contributed by atoms with Crippen LogP contribution in [0.4, 0.5) is 0 Å². The molecular weight excluding hydrogens is 256 g/mol. The van der Waals surface area contributed by atoms with Crippen LogP contribution >= 0.6 is 0 Å². The van der Waals surface area contributed by atoms with Crippen molar-refractivity contribution in [2.75, 3.05) is 6.61 Å². The Morgan fingerprint density at radius 1 is 1.42 bits per heavy atom. The maximum atomic E-state index is 11.7. The van der Waals surface area contributed by atoms with Crippen LogP contribution in [0.1, 0.15) is 32.6 Å². The Morgan fingerprint density at radius 3 is 2.68 bits per heavy atom. The van der Waals surface area contributed by atoms with Crippen LogP contribution in [0, 0.1) is 0 Å². The van der Waals surface area contributed by atoms with Crippen LogP contribution in [-0.4, -0.2) is 52.9 Å². The second-order valence-electron chi connectivity index (χ2n) is 4.34. The molecule has 108 valence electrons. The van der Waals surface area contributed by atoms with Gasteiger partial charge in [0.2, 0.25) is 5.78 Å². The highest BCUT2D eigenvalue weighted by atomic mass is 16.6. The van der Waals surface area contributed by atoms with Gasteiger partial charge in [-0.3, -0.25) is 9.59 Å². The lowest BCUT2D eigenvalue weighted by molar-refractivity contribution is -0.162. The number of unbranched alkanes of at least 4 members (excludes halogenated alkanes) is 2. The van der Waals surface area contributed by atoms with Crippen LogP contribution in [-0.2, 0) is 23.9 Å². The van der Waals surface area contributed by atoms with E-state index in [0.29, 0.717) is 6.42 Å². The third-order valence-corrected chi connectivity index (χ3v) is 2.77. The molecule has 0 aromatic carbocycles. The lowest BCUT2D eigenvalue weighted by Gasteiger charge is -2.12. The van der Waals surface area contributed by atoms with Gasteiger partial charge in [0, 0.05) is 6.42 Å². The Bertz CT molecular complexity index is 352. The molecule has 1 saturated heterocycles. The number of esters is 2. The van der Waals surface area contributed by atoms with Gasteiger partial charge in [-0.05, 0) is 6.42 Å². The zero-order valence-corrected chi connectivity index (χ0v) is 10.7. The fourth-order valence-electron chi connectivity index (χ4n) is 1.69. The fraction of sp³-hybridized carbons (Fsp3) is 0.750. The standard InChI is InChI=1S/C12H18O7/c1-2-3-4-5-8(15)18-11-9(16)10(7(14)6-13)19-12(11)17/h7,10-11,13-14H,2-6H2,1H3/t7-,10+,11?/m0/s1. The monoisotopic (exact) mass is 274 g/mol. The Hall–Kier alpha value is -1.47. The molecule has 0 aromatic heterocycles. The van der Waals surface area contributed by atoms with Gasteiger partial charge < -0.3 is 19.7 Å². The second-order valence-corrected chi connectivity index (χ2v) is 4.34. The molecular formula is C12H18O7. The van der Waals surface area contributed by atoms with Crippen molar-refractivity contribution in [2.24, 2.45) is 0 Å². The predicted octanol–water partition coefficient (Wildman–Crippen LogP) is -0.674. The number of rotatable bonds is 7. The molecule has 1 aliphatic rings. The number of hydrogen-bond acceptors (Lipinski definition) is 7. The van der Waals surface area contributed by atoms with Crippen LogP contribution in [0.25, 0.3) is 0 Å². The molecule has 0 aliphatic carbocycles. The molecule has 2 N–H and O–H groups in total. The molecule has 1 heterocycles. The normalized spacial score (nSPS) is 24.2. The number of cyclic esters (lactones) is 1. The Morgan fingerprint density at radius 2 is 2.11 bits per heavy atom. The van der Waals surface area contributed by atoms with Gasteiger partial charge in [-0.1, -0.05) is 19.8 Å². The second kappa shape index (κ2) is 7.20. The average Bonchev–Trinajstić information content (AvgIpc) is 2.66. The van der Waals surface area contributed by atoms with Gasteiger partial charge in [-0.15, -0.1) is 0 Å². The lowest BCUT2D eigenvalue weighted by Crippen LogP contribution is -2.38. The Labute approximate surface area is 110 Å². The van der Waals surface area contributed by atoms with E-state index in [2.05, 4.69) is 4.74 Å². The SMILES string of the molecule is CCCCCC(=O)OC1C(=O)O[C@H]([C@@H](O)CO)C1=O. The largest absolute Gasteiger partial charge is 0.448 e. The molecule has 7 heteroatoms. The van der Waals surface area contributed by atoms with Crippen LogP contribution in [0.15, 0.2) is 0 Å². The molecule has 1 aliphatic heterocycles. The van der Waals surface area contributed by atoms with E-state index < -0.39 is 42.6 Å². The quantitative estimate of drug-likeness (QED) is 0.360. The maximum absolute atomic E-state index is 11.7. The third-order valence-electron chi connectivity index (χ3n) is 2.77. The Balaban J connectivity index is 2.52. The van der Waals surface area contributed by atoms with Crippen molar-refractivity contribution in [3.05, 3.63) is 0 Å². The molecule has 7 nitrogen and oxygen atoms in total. The first-order chi connectivity index (χ1) is 9.01. The summed E-state index contributed by atoms with van der Waals surface area (Å²) < 4.78 is 9.34. The minimum absolute atomic E-state index is 0.123. The number of ketones is 1. The number of ether oxygens (including phenoxy) is 2. The number of carbonyl (C=O) groups excluding carboxylic acids is 3. The first kappa shape index (κ1) is 15.6. The third kappa shape index (κ3) is 4.00. The number of aliphatic hydroxyl groups excluding tert-OH is 2. The molecule has 0 spiro atoms. The summed E-state index contributed by atoms with van der Waals surface area (Å²) in [5, 5.41) is 18.0. The van der Waals surface area contributed by atoms with Crippen LogP contribution in [0.3, 0.4) is 0 Å². The first-order valence-corrected chi connectivity index (χ1v) is 6.23. The van der Waals surface area contributed by atoms with E-state index in [1.54, 1.807) is 0 Å². The van der Waals surface area contributed by atoms with Crippen LogP contribution in [0.2, 0.25) is 0 Å². The van der Waals surface area contributed by atoms with Crippen molar-refractivity contribution < 1.29 is 34.1 Å². The van der Waals surface area contributed by atoms with Gasteiger partial charge in [0.1, 0.15) is 6.10 Å². The van der Waals surface area contributed by atoms with E-state index in [-0.39, 0.29) is 6.42 Å². The molecule has 1 rings (SSSR count). The average molecular weight is 274 g/mol. The molecule has 1 fully saturated rings. The van der Waals surface area contributed by atoms with Crippen molar-refractivity contribution in [1.29, 1.82) is 0 Å². The van der Waals surface area contributed by atoms with Gasteiger partial charge in [0.15, 0.2) is 6.10 Å². The summed E-state index contributed by atoms with van der Waals surface area (Å²) in [5.74, 6) is -2.50. The minimum atomic E-state index is -1.62. The number of carbonyl (C=O) groups is 3. The summed E-state index contributed by atoms with van der Waals surface area (Å²) in [6.45, 7) is 1.25. The summed E-state index contributed by atoms with van der Waals surface area (Å²) in [5.41, 5.74) is 0.